The summed E-state index contributed by atoms with van der Waals surface area (Å²) < 4.78 is 10.5. The van der Waals surface area contributed by atoms with Crippen LogP contribution in [0.25, 0.3) is 0 Å². The van der Waals surface area contributed by atoms with Crippen molar-refractivity contribution in [3.63, 3.8) is 0 Å². The predicted octanol–water partition coefficient (Wildman–Crippen LogP) is 0.0144. The van der Waals surface area contributed by atoms with Crippen LogP contribution in [0.5, 0.6) is 11.5 Å². The van der Waals surface area contributed by atoms with Crippen LogP contribution in [0.15, 0.2) is 48.5 Å². The lowest BCUT2D eigenvalue weighted by molar-refractivity contribution is -1.02. The number of amides is 1. The van der Waals surface area contributed by atoms with E-state index in [4.69, 9.17) is 9.47 Å². The molecule has 0 bridgehead atoms. The van der Waals surface area contributed by atoms with Crippen molar-refractivity contribution < 1.29 is 24.1 Å². The first-order valence-corrected chi connectivity index (χ1v) is 9.85. The van der Waals surface area contributed by atoms with Gasteiger partial charge < -0.3 is 24.6 Å². The zero-order valence-electron chi connectivity index (χ0n) is 17.0. The third-order valence-corrected chi connectivity index (χ3v) is 5.58. The van der Waals surface area contributed by atoms with Crippen molar-refractivity contribution in [3.8, 4) is 11.5 Å². The molecule has 1 saturated heterocycles. The van der Waals surface area contributed by atoms with Crippen molar-refractivity contribution in [2.75, 3.05) is 45.7 Å². The lowest BCUT2D eigenvalue weighted by atomic mass is 10.1. The Bertz CT molecular complexity index is 771. The quantitative estimate of drug-likeness (QED) is 0.630. The number of hydrogen-bond acceptors (Lipinski definition) is 3. The van der Waals surface area contributed by atoms with Crippen LogP contribution in [0.3, 0.4) is 0 Å². The van der Waals surface area contributed by atoms with Crippen molar-refractivity contribution in [1.82, 2.24) is 0 Å². The van der Waals surface area contributed by atoms with Crippen LogP contribution in [-0.2, 0) is 11.3 Å². The number of piperazine rings is 1. The number of nitrogens with one attached hydrogen (secondary N) is 3. The van der Waals surface area contributed by atoms with E-state index in [1.807, 2.05) is 43.3 Å². The molecule has 1 amide bonds. The fourth-order valence-corrected chi connectivity index (χ4v) is 3.74. The first-order chi connectivity index (χ1) is 13.6. The highest BCUT2D eigenvalue weighted by Crippen LogP contribution is 2.22. The van der Waals surface area contributed by atoms with E-state index in [1.165, 1.54) is 10.5 Å². The molecule has 2 aromatic rings. The second-order valence-electron chi connectivity index (χ2n) is 7.34. The summed E-state index contributed by atoms with van der Waals surface area (Å²) in [7, 11) is 3.30. The fraction of sp³-hybridized carbons (Fsp3) is 0.409. The Kier molecular flexibility index (Phi) is 6.90. The topological polar surface area (TPSA) is 56.4 Å². The fourth-order valence-electron chi connectivity index (χ4n) is 3.74. The molecular weight excluding hydrogens is 354 g/mol. The molecule has 1 fully saturated rings. The number of hydrogen-bond donors (Lipinski definition) is 3. The molecule has 3 N–H and O–H groups in total. The number of para-hydroxylation sites is 2. The van der Waals surface area contributed by atoms with Crippen molar-refractivity contribution in [2.45, 2.75) is 19.5 Å². The number of carbonyl (C=O) groups excluding carboxylic acids is 1. The van der Waals surface area contributed by atoms with E-state index in [0.717, 1.165) is 44.2 Å². The first kappa shape index (κ1) is 20.2. The first-order valence-electron chi connectivity index (χ1n) is 9.85. The van der Waals surface area contributed by atoms with Crippen LogP contribution in [0.1, 0.15) is 12.5 Å². The maximum Gasteiger partial charge on any atom is 0.282 e. The summed E-state index contributed by atoms with van der Waals surface area (Å²) in [6.07, 6.45) is 0. The van der Waals surface area contributed by atoms with E-state index in [0.29, 0.717) is 5.75 Å². The Morgan fingerprint density at radius 2 is 1.68 bits per heavy atom. The molecule has 2 aromatic carbocycles. The van der Waals surface area contributed by atoms with Gasteiger partial charge in [-0.15, -0.1) is 0 Å². The van der Waals surface area contributed by atoms with Gasteiger partial charge in [0, 0.05) is 5.56 Å². The maximum absolute atomic E-state index is 12.7. The molecular formula is C22H31N3O3+2. The van der Waals surface area contributed by atoms with E-state index < -0.39 is 0 Å². The molecule has 150 valence electrons. The molecule has 6 nitrogen and oxygen atoms in total. The lowest BCUT2D eigenvalue weighted by Crippen LogP contribution is -3.29. The van der Waals surface area contributed by atoms with Crippen molar-refractivity contribution in [2.24, 2.45) is 0 Å². The molecule has 1 aliphatic heterocycles. The minimum absolute atomic E-state index is 0.0399. The minimum atomic E-state index is -0.0903. The van der Waals surface area contributed by atoms with E-state index in [2.05, 4.69) is 17.4 Å². The second kappa shape index (κ2) is 9.57. The zero-order valence-corrected chi connectivity index (χ0v) is 17.0. The summed E-state index contributed by atoms with van der Waals surface area (Å²) in [6.45, 7) is 7.13. The minimum Gasteiger partial charge on any atom is -0.497 e. The lowest BCUT2D eigenvalue weighted by Gasteiger charge is -2.32. The average Bonchev–Trinajstić information content (AvgIpc) is 2.74. The van der Waals surface area contributed by atoms with Crippen LogP contribution >= 0.6 is 0 Å². The Balaban J connectivity index is 1.50. The monoisotopic (exact) mass is 385 g/mol. The summed E-state index contributed by atoms with van der Waals surface area (Å²) in [5, 5.41) is 3.02. The molecule has 0 radical (unpaired) electrons. The van der Waals surface area contributed by atoms with E-state index in [-0.39, 0.29) is 11.9 Å². The van der Waals surface area contributed by atoms with Crippen molar-refractivity contribution in [1.29, 1.82) is 0 Å². The highest BCUT2D eigenvalue weighted by atomic mass is 16.5. The molecule has 0 unspecified atom stereocenters. The van der Waals surface area contributed by atoms with Gasteiger partial charge in [0.05, 0.1) is 19.9 Å². The molecule has 0 saturated carbocycles. The molecule has 0 spiro atoms. The van der Waals surface area contributed by atoms with Gasteiger partial charge in [0.2, 0.25) is 0 Å². The summed E-state index contributed by atoms with van der Waals surface area (Å²) in [5.41, 5.74) is 2.05. The van der Waals surface area contributed by atoms with Gasteiger partial charge in [-0.05, 0) is 43.3 Å². The van der Waals surface area contributed by atoms with E-state index >= 15 is 0 Å². The Labute approximate surface area is 167 Å². The number of benzene rings is 2. The van der Waals surface area contributed by atoms with Gasteiger partial charge in [-0.3, -0.25) is 4.79 Å². The van der Waals surface area contributed by atoms with Gasteiger partial charge in [0.1, 0.15) is 44.2 Å². The Morgan fingerprint density at radius 3 is 2.32 bits per heavy atom. The number of methoxy groups -OCH3 is 2. The van der Waals surface area contributed by atoms with Gasteiger partial charge in [-0.1, -0.05) is 12.1 Å². The molecule has 0 aromatic heterocycles. The van der Waals surface area contributed by atoms with Gasteiger partial charge in [0.15, 0.2) is 6.04 Å². The Morgan fingerprint density at radius 1 is 1.00 bits per heavy atom. The van der Waals surface area contributed by atoms with Gasteiger partial charge >= 0.3 is 0 Å². The van der Waals surface area contributed by atoms with Crippen LogP contribution in [0.2, 0.25) is 0 Å². The van der Waals surface area contributed by atoms with Crippen molar-refractivity contribution in [3.05, 3.63) is 54.1 Å². The summed E-state index contributed by atoms with van der Waals surface area (Å²) in [6, 6.07) is 15.7. The van der Waals surface area contributed by atoms with E-state index in [1.54, 1.807) is 19.1 Å². The second-order valence-corrected chi connectivity index (χ2v) is 7.34. The predicted molar refractivity (Wildman–Crippen MR) is 109 cm³/mol. The van der Waals surface area contributed by atoms with Crippen LogP contribution < -0.4 is 24.6 Å². The number of anilines is 1. The molecule has 1 heterocycles. The molecule has 0 aliphatic carbocycles. The zero-order chi connectivity index (χ0) is 19.9. The van der Waals surface area contributed by atoms with Crippen LogP contribution in [-0.4, -0.2) is 52.3 Å². The Hall–Kier alpha value is -2.57. The average molecular weight is 386 g/mol. The molecule has 6 heteroatoms. The van der Waals surface area contributed by atoms with Crippen LogP contribution in [0, 0.1) is 0 Å². The summed E-state index contributed by atoms with van der Waals surface area (Å²) in [4.78, 5) is 15.6. The van der Waals surface area contributed by atoms with Gasteiger partial charge in [0.25, 0.3) is 5.91 Å². The number of carbonyl (C=O) groups is 1. The highest BCUT2D eigenvalue weighted by molar-refractivity contribution is 5.94. The number of quaternary nitrogens is 2. The van der Waals surface area contributed by atoms with Gasteiger partial charge in [-0.2, -0.15) is 0 Å². The number of ether oxygens (including phenoxy) is 2. The third kappa shape index (κ3) is 5.03. The molecule has 1 aliphatic rings. The van der Waals surface area contributed by atoms with Gasteiger partial charge in [-0.25, -0.2) is 0 Å². The molecule has 28 heavy (non-hydrogen) atoms. The largest absolute Gasteiger partial charge is 0.497 e. The normalized spacial score (nSPS) is 20.2. The summed E-state index contributed by atoms with van der Waals surface area (Å²) >= 11 is 0. The van der Waals surface area contributed by atoms with Crippen molar-refractivity contribution >= 4 is 11.6 Å². The molecule has 3 rings (SSSR count). The number of rotatable bonds is 7. The smallest absolute Gasteiger partial charge is 0.282 e. The third-order valence-electron chi connectivity index (χ3n) is 5.58. The maximum atomic E-state index is 12.7. The highest BCUT2D eigenvalue weighted by Gasteiger charge is 2.31. The summed E-state index contributed by atoms with van der Waals surface area (Å²) in [5.74, 6) is 1.62. The standard InChI is InChI=1S/C22H29N3O3/c1-17(22(26)23-20-6-4-5-7-21(20)28-3)25-14-12-24(13-15-25)16-18-8-10-19(27-2)11-9-18/h4-11,17H,12-16H2,1-3H3,(H,23,26)/p+2/t17-/m1/s1. The van der Waals surface area contributed by atoms with Crippen LogP contribution in [0.4, 0.5) is 5.69 Å². The van der Waals surface area contributed by atoms with E-state index in [9.17, 15) is 4.79 Å². The SMILES string of the molecule is COc1ccc(C[NH+]2CC[NH+]([C@H](C)C(=O)Nc3ccccc3OC)CC2)cc1. The molecule has 1 atom stereocenters.